The fraction of sp³-hybridized carbons (Fsp3) is 0.625. The van der Waals surface area contributed by atoms with Gasteiger partial charge in [-0.25, -0.2) is 4.98 Å². The molecule has 2 fully saturated rings. The van der Waals surface area contributed by atoms with Crippen LogP contribution in [0.1, 0.15) is 29.6 Å². The molecule has 8 heteroatoms. The van der Waals surface area contributed by atoms with E-state index in [9.17, 15) is 18.0 Å². The molecule has 0 aliphatic carbocycles. The summed E-state index contributed by atoms with van der Waals surface area (Å²) in [7, 11) is 0. The molecule has 24 heavy (non-hydrogen) atoms. The van der Waals surface area contributed by atoms with E-state index in [0.29, 0.717) is 11.4 Å². The predicted octanol–water partition coefficient (Wildman–Crippen LogP) is 3.38. The molecule has 0 bridgehead atoms. The van der Waals surface area contributed by atoms with Gasteiger partial charge in [-0.3, -0.25) is 4.79 Å². The lowest BCUT2D eigenvalue weighted by molar-refractivity contribution is -0.183. The van der Waals surface area contributed by atoms with Crippen molar-refractivity contribution in [3.63, 3.8) is 0 Å². The molecule has 132 valence electrons. The van der Waals surface area contributed by atoms with Gasteiger partial charge in [0.15, 0.2) is 0 Å². The molecule has 2 aliphatic rings. The molecular formula is C16H19F3N2O2S. The first kappa shape index (κ1) is 17.4. The molecule has 1 aromatic heterocycles. The Kier molecular flexibility index (Phi) is 5.22. The number of likely N-dealkylation sites (tertiary alicyclic amines) is 1. The lowest BCUT2D eigenvalue weighted by Gasteiger charge is -2.32. The van der Waals surface area contributed by atoms with Crippen molar-refractivity contribution < 1.29 is 22.7 Å². The van der Waals surface area contributed by atoms with Crippen LogP contribution >= 0.6 is 11.8 Å². The molecule has 0 saturated carbocycles. The zero-order valence-electron chi connectivity index (χ0n) is 13.1. The number of ether oxygens (including phenoxy) is 1. The van der Waals surface area contributed by atoms with Crippen molar-refractivity contribution in [2.45, 2.75) is 31.5 Å². The van der Waals surface area contributed by atoms with Crippen LogP contribution < -0.4 is 4.74 Å². The minimum absolute atomic E-state index is 0.0385. The molecule has 0 aromatic carbocycles. The van der Waals surface area contributed by atoms with Crippen LogP contribution in [-0.4, -0.2) is 52.7 Å². The van der Waals surface area contributed by atoms with E-state index >= 15 is 0 Å². The van der Waals surface area contributed by atoms with Crippen LogP contribution in [0, 0.1) is 5.92 Å². The minimum atomic E-state index is -4.17. The fourth-order valence-electron chi connectivity index (χ4n) is 2.95. The maximum absolute atomic E-state index is 12.7. The van der Waals surface area contributed by atoms with E-state index in [1.807, 2.05) is 11.8 Å². The van der Waals surface area contributed by atoms with E-state index in [0.717, 1.165) is 17.9 Å². The number of nitrogens with zero attached hydrogens (tertiary/aromatic N) is 2. The van der Waals surface area contributed by atoms with E-state index in [1.54, 1.807) is 12.1 Å². The van der Waals surface area contributed by atoms with E-state index in [4.69, 9.17) is 4.74 Å². The molecular weight excluding hydrogens is 341 g/mol. The molecule has 4 nitrogen and oxygen atoms in total. The molecule has 2 saturated heterocycles. The fourth-order valence-corrected chi connectivity index (χ4v) is 4.04. The lowest BCUT2D eigenvalue weighted by atomic mass is 9.96. The normalized spacial score (nSPS) is 22.6. The third-order valence-electron chi connectivity index (χ3n) is 4.40. The second kappa shape index (κ2) is 7.21. The van der Waals surface area contributed by atoms with Crippen LogP contribution in [0.15, 0.2) is 18.3 Å². The topological polar surface area (TPSA) is 42.4 Å². The highest BCUT2D eigenvalue weighted by molar-refractivity contribution is 7.99. The minimum Gasteiger partial charge on any atom is -0.473 e. The first-order valence-electron chi connectivity index (χ1n) is 8.00. The number of halogens is 3. The molecule has 3 rings (SSSR count). The van der Waals surface area contributed by atoms with Crippen molar-refractivity contribution in [2.75, 3.05) is 24.6 Å². The Hall–Kier alpha value is -1.44. The number of aromatic nitrogens is 1. The van der Waals surface area contributed by atoms with Crippen LogP contribution in [0.3, 0.4) is 0 Å². The summed E-state index contributed by atoms with van der Waals surface area (Å²) in [6.07, 6.45) is -1.66. The van der Waals surface area contributed by atoms with Crippen molar-refractivity contribution >= 4 is 17.7 Å². The van der Waals surface area contributed by atoms with E-state index in [2.05, 4.69) is 4.98 Å². The summed E-state index contributed by atoms with van der Waals surface area (Å²) in [6.45, 7) is 0.251. The van der Waals surface area contributed by atoms with Crippen LogP contribution in [0.4, 0.5) is 13.2 Å². The molecule has 2 aliphatic heterocycles. The highest BCUT2D eigenvalue weighted by Gasteiger charge is 2.41. The number of carbonyl (C=O) groups is 1. The molecule has 1 aromatic rings. The van der Waals surface area contributed by atoms with Crippen LogP contribution in [-0.2, 0) is 0 Å². The summed E-state index contributed by atoms with van der Waals surface area (Å²) in [5.74, 6) is 0.923. The van der Waals surface area contributed by atoms with Crippen molar-refractivity contribution in [3.05, 3.63) is 23.9 Å². The molecule has 1 amide bonds. The second-order valence-corrected chi connectivity index (χ2v) is 7.25. The SMILES string of the molecule is O=C(c1ccc(OC2CCSC2)nc1)N1CCC(C(F)(F)F)CC1. The van der Waals surface area contributed by atoms with Gasteiger partial charge < -0.3 is 9.64 Å². The largest absolute Gasteiger partial charge is 0.473 e. The maximum atomic E-state index is 12.7. The van der Waals surface area contributed by atoms with E-state index in [1.165, 1.54) is 11.1 Å². The number of piperidine rings is 1. The summed E-state index contributed by atoms with van der Waals surface area (Å²) < 4.78 is 43.8. The number of hydrogen-bond acceptors (Lipinski definition) is 4. The third-order valence-corrected chi connectivity index (χ3v) is 5.54. The summed E-state index contributed by atoms with van der Waals surface area (Å²) in [5, 5.41) is 0. The van der Waals surface area contributed by atoms with Crippen LogP contribution in [0.25, 0.3) is 0 Å². The number of hydrogen-bond donors (Lipinski definition) is 0. The zero-order valence-corrected chi connectivity index (χ0v) is 13.9. The monoisotopic (exact) mass is 360 g/mol. The van der Waals surface area contributed by atoms with Gasteiger partial charge in [0.2, 0.25) is 5.88 Å². The standard InChI is InChI=1S/C16H19F3N2O2S/c17-16(18,19)12-3-6-21(7-4-12)15(22)11-1-2-14(20-9-11)23-13-5-8-24-10-13/h1-2,9,12-13H,3-8,10H2. The van der Waals surface area contributed by atoms with Gasteiger partial charge in [0.05, 0.1) is 11.5 Å². The van der Waals surface area contributed by atoms with Gasteiger partial charge >= 0.3 is 6.18 Å². The van der Waals surface area contributed by atoms with E-state index in [-0.39, 0.29) is 37.9 Å². The number of thioether (sulfide) groups is 1. The van der Waals surface area contributed by atoms with Gasteiger partial charge in [-0.1, -0.05) is 0 Å². The van der Waals surface area contributed by atoms with Crippen LogP contribution in [0.5, 0.6) is 5.88 Å². The predicted molar refractivity (Wildman–Crippen MR) is 85.3 cm³/mol. The van der Waals surface area contributed by atoms with Gasteiger partial charge in [-0.2, -0.15) is 24.9 Å². The van der Waals surface area contributed by atoms with Crippen molar-refractivity contribution in [2.24, 2.45) is 5.92 Å². The van der Waals surface area contributed by atoms with Gasteiger partial charge in [-0.15, -0.1) is 0 Å². The van der Waals surface area contributed by atoms with Gasteiger partial charge in [0, 0.05) is 31.1 Å². The van der Waals surface area contributed by atoms with E-state index < -0.39 is 12.1 Å². The molecule has 1 atom stereocenters. The van der Waals surface area contributed by atoms with Gasteiger partial charge in [-0.05, 0) is 31.1 Å². The second-order valence-electron chi connectivity index (χ2n) is 6.10. The molecule has 1 unspecified atom stereocenters. The quantitative estimate of drug-likeness (QED) is 0.829. The molecule has 3 heterocycles. The van der Waals surface area contributed by atoms with Gasteiger partial charge in [0.25, 0.3) is 5.91 Å². The Morgan fingerprint density at radius 1 is 1.25 bits per heavy atom. The zero-order chi connectivity index (χ0) is 17.2. The Bertz CT molecular complexity index is 566. The molecule has 0 radical (unpaired) electrons. The Labute approximate surface area is 142 Å². The summed E-state index contributed by atoms with van der Waals surface area (Å²) >= 11 is 1.84. The first-order chi connectivity index (χ1) is 11.4. The maximum Gasteiger partial charge on any atom is 0.391 e. The lowest BCUT2D eigenvalue weighted by Crippen LogP contribution is -2.42. The first-order valence-corrected chi connectivity index (χ1v) is 9.15. The van der Waals surface area contributed by atoms with Crippen LogP contribution in [0.2, 0.25) is 0 Å². The number of rotatable bonds is 3. The number of amides is 1. The Morgan fingerprint density at radius 3 is 2.54 bits per heavy atom. The number of pyridine rings is 1. The molecule has 0 spiro atoms. The Balaban J connectivity index is 1.55. The highest BCUT2D eigenvalue weighted by atomic mass is 32.2. The third kappa shape index (κ3) is 4.15. The average molecular weight is 360 g/mol. The number of alkyl halides is 3. The number of carbonyl (C=O) groups excluding carboxylic acids is 1. The van der Waals surface area contributed by atoms with Crippen molar-refractivity contribution in [3.8, 4) is 5.88 Å². The summed E-state index contributed by atoms with van der Waals surface area (Å²) in [6, 6.07) is 3.28. The smallest absolute Gasteiger partial charge is 0.391 e. The average Bonchev–Trinajstić information content (AvgIpc) is 3.07. The van der Waals surface area contributed by atoms with Gasteiger partial charge in [0.1, 0.15) is 6.10 Å². The Morgan fingerprint density at radius 2 is 2.00 bits per heavy atom. The van der Waals surface area contributed by atoms with Crippen molar-refractivity contribution in [1.82, 2.24) is 9.88 Å². The highest BCUT2D eigenvalue weighted by Crippen LogP contribution is 2.34. The molecule has 0 N–H and O–H groups in total. The van der Waals surface area contributed by atoms with Crippen molar-refractivity contribution in [1.29, 1.82) is 0 Å². The summed E-state index contributed by atoms with van der Waals surface area (Å²) in [5.41, 5.74) is 0.383. The summed E-state index contributed by atoms with van der Waals surface area (Å²) in [4.78, 5) is 18.0.